The van der Waals surface area contributed by atoms with Gasteiger partial charge in [0.1, 0.15) is 22.5 Å². The Morgan fingerprint density at radius 3 is 2.78 bits per heavy atom. The lowest BCUT2D eigenvalue weighted by atomic mass is 10.1. The molecule has 0 spiro atoms. The number of ether oxygens (including phenoxy) is 1. The van der Waals surface area contributed by atoms with Crippen LogP contribution in [0.5, 0.6) is 5.75 Å². The van der Waals surface area contributed by atoms with Crippen molar-refractivity contribution in [3.05, 3.63) is 35.0 Å². The molecular weight excluding hydrogens is 308 g/mol. The van der Waals surface area contributed by atoms with Crippen LogP contribution in [0, 0.1) is 11.3 Å². The number of hydrogen-bond acceptors (Lipinski definition) is 5. The van der Waals surface area contributed by atoms with E-state index in [-0.39, 0.29) is 0 Å². The molecule has 0 aliphatic rings. The summed E-state index contributed by atoms with van der Waals surface area (Å²) < 4.78 is 6.93. The van der Waals surface area contributed by atoms with Crippen molar-refractivity contribution in [1.82, 2.24) is 14.6 Å². The van der Waals surface area contributed by atoms with Gasteiger partial charge in [-0.3, -0.25) is 0 Å². The van der Waals surface area contributed by atoms with Crippen molar-refractivity contribution in [3.63, 3.8) is 0 Å². The lowest BCUT2D eigenvalue weighted by Crippen LogP contribution is -1.98. The van der Waals surface area contributed by atoms with Crippen LogP contribution in [0.4, 0.5) is 0 Å². The average Bonchev–Trinajstić information content (AvgIpc) is 3.13. The van der Waals surface area contributed by atoms with Crippen molar-refractivity contribution in [2.75, 3.05) is 7.11 Å². The van der Waals surface area contributed by atoms with Crippen LogP contribution in [0.25, 0.3) is 16.2 Å². The summed E-state index contributed by atoms with van der Waals surface area (Å²) in [6, 6.07) is 9.83. The highest BCUT2D eigenvalue weighted by molar-refractivity contribution is 7.16. The van der Waals surface area contributed by atoms with Crippen LogP contribution in [-0.4, -0.2) is 21.7 Å². The van der Waals surface area contributed by atoms with Crippen LogP contribution in [0.2, 0.25) is 0 Å². The molecule has 0 saturated heterocycles. The summed E-state index contributed by atoms with van der Waals surface area (Å²) in [7, 11) is 1.62. The van der Waals surface area contributed by atoms with Gasteiger partial charge < -0.3 is 4.74 Å². The van der Waals surface area contributed by atoms with Gasteiger partial charge in [-0.2, -0.15) is 14.9 Å². The Bertz CT molecular complexity index is 870. The van der Waals surface area contributed by atoms with Gasteiger partial charge in [-0.1, -0.05) is 37.3 Å². The molecule has 23 heavy (non-hydrogen) atoms. The first-order valence-electron chi connectivity index (χ1n) is 7.65. The molecule has 0 saturated carbocycles. The number of benzene rings is 1. The maximum absolute atomic E-state index is 9.58. The van der Waals surface area contributed by atoms with Crippen molar-refractivity contribution in [1.29, 1.82) is 5.26 Å². The Morgan fingerprint density at radius 1 is 1.35 bits per heavy atom. The van der Waals surface area contributed by atoms with Crippen LogP contribution >= 0.6 is 11.3 Å². The quantitative estimate of drug-likeness (QED) is 0.703. The standard InChI is InChI=1S/C17H18N4OS/c1-4-11(5-2)16-20-21-14(10-18)15(19-17(21)23-16)12-7-6-8-13(9-12)22-3/h6-9,11H,4-5H2,1-3H3. The van der Waals surface area contributed by atoms with Gasteiger partial charge in [0.05, 0.1) is 7.11 Å². The minimum Gasteiger partial charge on any atom is -0.497 e. The maximum atomic E-state index is 9.58. The monoisotopic (exact) mass is 326 g/mol. The predicted octanol–water partition coefficient (Wildman–Crippen LogP) is 4.24. The smallest absolute Gasteiger partial charge is 0.214 e. The Morgan fingerprint density at radius 2 is 2.13 bits per heavy atom. The van der Waals surface area contributed by atoms with E-state index in [2.05, 4.69) is 30.0 Å². The van der Waals surface area contributed by atoms with Crippen molar-refractivity contribution in [2.24, 2.45) is 0 Å². The van der Waals surface area contributed by atoms with Gasteiger partial charge in [-0.05, 0) is 25.0 Å². The van der Waals surface area contributed by atoms with E-state index in [4.69, 9.17) is 4.74 Å². The van der Waals surface area contributed by atoms with E-state index >= 15 is 0 Å². The number of methoxy groups -OCH3 is 1. The van der Waals surface area contributed by atoms with Gasteiger partial charge in [0.15, 0.2) is 5.69 Å². The molecule has 6 heteroatoms. The molecule has 0 aliphatic carbocycles. The molecule has 0 unspecified atom stereocenters. The number of rotatable bonds is 5. The summed E-state index contributed by atoms with van der Waals surface area (Å²) in [6.07, 6.45) is 2.08. The fourth-order valence-corrected chi connectivity index (χ4v) is 3.80. The topological polar surface area (TPSA) is 63.2 Å². The number of fused-ring (bicyclic) bond motifs is 1. The van der Waals surface area contributed by atoms with E-state index in [1.54, 1.807) is 23.0 Å². The van der Waals surface area contributed by atoms with Crippen molar-refractivity contribution in [3.8, 4) is 23.1 Å². The second-order valence-corrected chi connectivity index (χ2v) is 6.29. The molecule has 2 aromatic heterocycles. The van der Waals surface area contributed by atoms with E-state index in [0.717, 1.165) is 34.1 Å². The van der Waals surface area contributed by atoms with Gasteiger partial charge in [0.25, 0.3) is 0 Å². The largest absolute Gasteiger partial charge is 0.497 e. The lowest BCUT2D eigenvalue weighted by Gasteiger charge is -2.06. The molecule has 0 radical (unpaired) electrons. The Hall–Kier alpha value is -2.39. The average molecular weight is 326 g/mol. The molecule has 1 aromatic carbocycles. The number of nitriles is 1. The first-order valence-corrected chi connectivity index (χ1v) is 8.47. The van der Waals surface area contributed by atoms with Crippen LogP contribution in [0.3, 0.4) is 0 Å². The zero-order chi connectivity index (χ0) is 16.4. The van der Waals surface area contributed by atoms with Gasteiger partial charge in [0.2, 0.25) is 4.96 Å². The summed E-state index contributed by atoms with van der Waals surface area (Å²) in [6.45, 7) is 4.32. The zero-order valence-corrected chi connectivity index (χ0v) is 14.2. The summed E-state index contributed by atoms with van der Waals surface area (Å²) in [5.41, 5.74) is 1.99. The maximum Gasteiger partial charge on any atom is 0.214 e. The molecule has 0 amide bonds. The first-order chi connectivity index (χ1) is 11.2. The highest BCUT2D eigenvalue weighted by atomic mass is 32.1. The molecule has 0 N–H and O–H groups in total. The minimum absolute atomic E-state index is 0.425. The Labute approximate surface area is 139 Å². The summed E-state index contributed by atoms with van der Waals surface area (Å²) >= 11 is 1.57. The van der Waals surface area contributed by atoms with Crippen molar-refractivity contribution >= 4 is 16.3 Å². The molecule has 0 aliphatic heterocycles. The molecule has 0 atom stereocenters. The number of aromatic nitrogens is 3. The predicted molar refractivity (Wildman–Crippen MR) is 90.9 cm³/mol. The van der Waals surface area contributed by atoms with Crippen molar-refractivity contribution in [2.45, 2.75) is 32.6 Å². The number of imidazole rings is 1. The minimum atomic E-state index is 0.425. The van der Waals surface area contributed by atoms with Gasteiger partial charge >= 0.3 is 0 Å². The molecule has 2 heterocycles. The SMILES string of the molecule is CCC(CC)c1nn2c(C#N)c(-c3cccc(OC)c3)nc2s1. The van der Waals surface area contributed by atoms with E-state index in [0.29, 0.717) is 17.3 Å². The van der Waals surface area contributed by atoms with Gasteiger partial charge in [-0.15, -0.1) is 0 Å². The summed E-state index contributed by atoms with van der Waals surface area (Å²) in [4.78, 5) is 5.41. The first kappa shape index (κ1) is 15.5. The second kappa shape index (κ2) is 6.39. The number of nitrogens with zero attached hydrogens (tertiary/aromatic N) is 4. The van der Waals surface area contributed by atoms with Crippen LogP contribution in [0.1, 0.15) is 43.3 Å². The van der Waals surface area contributed by atoms with Crippen LogP contribution in [-0.2, 0) is 0 Å². The third-order valence-corrected chi connectivity index (χ3v) is 5.07. The van der Waals surface area contributed by atoms with E-state index < -0.39 is 0 Å². The normalized spacial score (nSPS) is 11.1. The summed E-state index contributed by atoms with van der Waals surface area (Å²) in [5, 5.41) is 15.3. The van der Waals surface area contributed by atoms with Gasteiger partial charge in [0, 0.05) is 11.5 Å². The summed E-state index contributed by atoms with van der Waals surface area (Å²) in [5.74, 6) is 1.17. The third kappa shape index (κ3) is 2.68. The Kier molecular flexibility index (Phi) is 4.30. The molecule has 0 fully saturated rings. The van der Waals surface area contributed by atoms with E-state index in [1.165, 1.54) is 0 Å². The van der Waals surface area contributed by atoms with Crippen molar-refractivity contribution < 1.29 is 4.74 Å². The molecule has 3 rings (SSSR count). The van der Waals surface area contributed by atoms with Crippen LogP contribution in [0.15, 0.2) is 24.3 Å². The van der Waals surface area contributed by atoms with Crippen LogP contribution < -0.4 is 4.74 Å². The van der Waals surface area contributed by atoms with E-state index in [9.17, 15) is 5.26 Å². The number of hydrogen-bond donors (Lipinski definition) is 0. The molecule has 0 bridgehead atoms. The molecule has 3 aromatic rings. The fraction of sp³-hybridized carbons (Fsp3) is 0.353. The third-order valence-electron chi connectivity index (χ3n) is 4.00. The van der Waals surface area contributed by atoms with E-state index in [1.807, 2.05) is 24.3 Å². The fourth-order valence-electron chi connectivity index (χ4n) is 2.64. The Balaban J connectivity index is 2.12. The lowest BCUT2D eigenvalue weighted by molar-refractivity contribution is 0.415. The highest BCUT2D eigenvalue weighted by Gasteiger charge is 2.20. The zero-order valence-electron chi connectivity index (χ0n) is 13.4. The molecular formula is C17H18N4OS. The van der Waals surface area contributed by atoms with Gasteiger partial charge in [-0.25, -0.2) is 4.98 Å². The second-order valence-electron chi connectivity index (χ2n) is 5.30. The molecule has 5 nitrogen and oxygen atoms in total. The highest BCUT2D eigenvalue weighted by Crippen LogP contribution is 2.32. The molecule has 118 valence electrons.